The van der Waals surface area contributed by atoms with E-state index in [1.54, 1.807) is 0 Å². The van der Waals surface area contributed by atoms with Gasteiger partial charge in [-0.25, -0.2) is 0 Å². The van der Waals surface area contributed by atoms with Crippen LogP contribution in [0.15, 0.2) is 72.8 Å². The van der Waals surface area contributed by atoms with Crippen molar-refractivity contribution < 1.29 is 14.9 Å². The van der Waals surface area contributed by atoms with Gasteiger partial charge in [-0.3, -0.25) is 4.90 Å². The van der Waals surface area contributed by atoms with Crippen LogP contribution in [0.25, 0.3) is 0 Å². The van der Waals surface area contributed by atoms with Gasteiger partial charge in [-0.1, -0.05) is 65.7 Å². The van der Waals surface area contributed by atoms with Crippen molar-refractivity contribution in [3.05, 3.63) is 100 Å². The third kappa shape index (κ3) is 5.51. The SMILES string of the molecule is Cc1ccc(C(O)(Cc2ccc(Cl)cc2)c2ccc(OCCN3CC[C@H](O)C3)cc2)cc1. The standard InChI is InChI=1S/C27H30ClNO3/c1-20-2-6-22(7-3-20)27(31,18-21-4-10-24(28)11-5-21)23-8-12-26(13-9-23)32-17-16-29-15-14-25(30)19-29/h2-13,25,30-31H,14-19H2,1H3/t25-,27?/m0/s1. The lowest BCUT2D eigenvalue weighted by atomic mass is 9.81. The van der Waals surface area contributed by atoms with Gasteiger partial charge in [0.05, 0.1) is 6.10 Å². The molecule has 4 rings (SSSR count). The van der Waals surface area contributed by atoms with Crippen LogP contribution in [0.3, 0.4) is 0 Å². The Labute approximate surface area is 195 Å². The number of hydrogen-bond acceptors (Lipinski definition) is 4. The molecule has 5 heteroatoms. The molecule has 168 valence electrons. The summed E-state index contributed by atoms with van der Waals surface area (Å²) in [6.07, 6.45) is 1.05. The Kier molecular flexibility index (Phi) is 7.17. The third-order valence-electron chi connectivity index (χ3n) is 6.16. The monoisotopic (exact) mass is 451 g/mol. The van der Waals surface area contributed by atoms with E-state index in [9.17, 15) is 10.2 Å². The fourth-order valence-corrected chi connectivity index (χ4v) is 4.36. The average Bonchev–Trinajstić information content (AvgIpc) is 3.21. The largest absolute Gasteiger partial charge is 0.492 e. The number of benzene rings is 3. The molecular weight excluding hydrogens is 422 g/mol. The van der Waals surface area contributed by atoms with Gasteiger partial charge >= 0.3 is 0 Å². The van der Waals surface area contributed by atoms with Crippen LogP contribution in [0.5, 0.6) is 5.75 Å². The molecule has 1 fully saturated rings. The lowest BCUT2D eigenvalue weighted by molar-refractivity contribution is 0.0810. The molecule has 1 heterocycles. The molecule has 0 aromatic heterocycles. The topological polar surface area (TPSA) is 52.9 Å². The highest BCUT2D eigenvalue weighted by molar-refractivity contribution is 6.30. The van der Waals surface area contributed by atoms with Crippen LogP contribution in [0, 0.1) is 6.92 Å². The molecule has 3 aromatic rings. The summed E-state index contributed by atoms with van der Waals surface area (Å²) in [5.74, 6) is 0.770. The molecule has 0 aliphatic carbocycles. The van der Waals surface area contributed by atoms with Gasteiger partial charge in [-0.2, -0.15) is 0 Å². The van der Waals surface area contributed by atoms with Gasteiger partial charge in [-0.05, 0) is 54.3 Å². The minimum absolute atomic E-state index is 0.214. The van der Waals surface area contributed by atoms with Gasteiger partial charge in [0.15, 0.2) is 0 Å². The summed E-state index contributed by atoms with van der Waals surface area (Å²) in [6, 6.07) is 23.3. The van der Waals surface area contributed by atoms with Gasteiger partial charge in [0.25, 0.3) is 0 Å². The minimum Gasteiger partial charge on any atom is -0.492 e. The maximum atomic E-state index is 11.9. The Hall–Kier alpha value is -2.37. The van der Waals surface area contributed by atoms with Crippen molar-refractivity contribution in [1.29, 1.82) is 0 Å². The molecule has 0 amide bonds. The van der Waals surface area contributed by atoms with Crippen molar-refractivity contribution in [3.8, 4) is 5.75 Å². The average molecular weight is 452 g/mol. The van der Waals surface area contributed by atoms with Crippen LogP contribution in [0.1, 0.15) is 28.7 Å². The normalized spacial score (nSPS) is 18.4. The summed E-state index contributed by atoms with van der Waals surface area (Å²) < 4.78 is 5.90. The number of nitrogens with zero attached hydrogens (tertiary/aromatic N) is 1. The molecule has 2 atom stereocenters. The Bertz CT molecular complexity index is 1000. The summed E-state index contributed by atoms with van der Waals surface area (Å²) >= 11 is 6.05. The zero-order valence-electron chi connectivity index (χ0n) is 18.4. The molecule has 0 bridgehead atoms. The first-order valence-electron chi connectivity index (χ1n) is 11.1. The maximum absolute atomic E-state index is 11.9. The fourth-order valence-electron chi connectivity index (χ4n) is 4.23. The summed E-state index contributed by atoms with van der Waals surface area (Å²) in [4.78, 5) is 2.21. The van der Waals surface area contributed by atoms with Crippen molar-refractivity contribution in [2.45, 2.75) is 31.5 Å². The molecule has 1 aliphatic heterocycles. The van der Waals surface area contributed by atoms with Crippen molar-refractivity contribution in [2.24, 2.45) is 0 Å². The predicted octanol–water partition coefficient (Wildman–Crippen LogP) is 4.57. The van der Waals surface area contributed by atoms with Gasteiger partial charge in [0.1, 0.15) is 18.0 Å². The van der Waals surface area contributed by atoms with Gasteiger partial charge in [0.2, 0.25) is 0 Å². The van der Waals surface area contributed by atoms with Crippen molar-refractivity contribution >= 4 is 11.6 Å². The maximum Gasteiger partial charge on any atom is 0.119 e. The third-order valence-corrected chi connectivity index (χ3v) is 6.41. The first-order valence-corrected chi connectivity index (χ1v) is 11.5. The van der Waals surface area contributed by atoms with Crippen molar-refractivity contribution in [3.63, 3.8) is 0 Å². The van der Waals surface area contributed by atoms with E-state index in [4.69, 9.17) is 16.3 Å². The van der Waals surface area contributed by atoms with Crippen molar-refractivity contribution in [2.75, 3.05) is 26.2 Å². The fraction of sp³-hybridized carbons (Fsp3) is 0.333. The summed E-state index contributed by atoms with van der Waals surface area (Å²) in [7, 11) is 0. The summed E-state index contributed by atoms with van der Waals surface area (Å²) in [5.41, 5.74) is 2.64. The van der Waals surface area contributed by atoms with Gasteiger partial charge in [0, 0.05) is 31.1 Å². The van der Waals surface area contributed by atoms with E-state index in [0.29, 0.717) is 18.1 Å². The smallest absolute Gasteiger partial charge is 0.119 e. The van der Waals surface area contributed by atoms with Crippen LogP contribution < -0.4 is 4.74 Å². The van der Waals surface area contributed by atoms with E-state index < -0.39 is 5.60 Å². The van der Waals surface area contributed by atoms with Crippen LogP contribution >= 0.6 is 11.6 Å². The second-order valence-corrected chi connectivity index (χ2v) is 9.08. The number of β-amino-alcohol motifs (C(OH)–C–C–N with tert-alkyl or cyclic N) is 1. The molecular formula is C27H30ClNO3. The van der Waals surface area contributed by atoms with Crippen molar-refractivity contribution in [1.82, 2.24) is 4.90 Å². The highest BCUT2D eigenvalue weighted by Crippen LogP contribution is 2.34. The Morgan fingerprint density at radius 3 is 2.19 bits per heavy atom. The molecule has 0 saturated carbocycles. The van der Waals surface area contributed by atoms with Crippen LogP contribution in [-0.2, 0) is 12.0 Å². The number of ether oxygens (including phenoxy) is 1. The van der Waals surface area contributed by atoms with E-state index in [1.165, 1.54) is 0 Å². The Morgan fingerprint density at radius 1 is 0.969 bits per heavy atom. The van der Waals surface area contributed by atoms with E-state index in [2.05, 4.69) is 4.90 Å². The number of likely N-dealkylation sites (tertiary alicyclic amines) is 1. The molecule has 3 aromatic carbocycles. The second kappa shape index (κ2) is 10.1. The quantitative estimate of drug-likeness (QED) is 0.526. The molecule has 1 aliphatic rings. The second-order valence-electron chi connectivity index (χ2n) is 8.65. The number of aliphatic hydroxyl groups excluding tert-OH is 1. The van der Waals surface area contributed by atoms with Gasteiger partial charge < -0.3 is 14.9 Å². The lowest BCUT2D eigenvalue weighted by Crippen LogP contribution is -2.30. The first-order chi connectivity index (χ1) is 15.4. The zero-order valence-corrected chi connectivity index (χ0v) is 19.1. The molecule has 2 N–H and O–H groups in total. The molecule has 0 spiro atoms. The van der Waals surface area contributed by atoms with Crippen LogP contribution in [0.4, 0.5) is 0 Å². The molecule has 1 unspecified atom stereocenters. The van der Waals surface area contributed by atoms with Gasteiger partial charge in [-0.15, -0.1) is 0 Å². The molecule has 32 heavy (non-hydrogen) atoms. The van der Waals surface area contributed by atoms with E-state index in [-0.39, 0.29) is 6.10 Å². The lowest BCUT2D eigenvalue weighted by Gasteiger charge is -2.30. The zero-order chi connectivity index (χ0) is 22.6. The number of aliphatic hydroxyl groups is 2. The van der Waals surface area contributed by atoms with Crippen LogP contribution in [-0.4, -0.2) is 47.5 Å². The van der Waals surface area contributed by atoms with E-state index in [1.807, 2.05) is 79.7 Å². The Balaban J connectivity index is 1.51. The van der Waals surface area contributed by atoms with E-state index >= 15 is 0 Å². The highest BCUT2D eigenvalue weighted by Gasteiger charge is 2.32. The molecule has 0 radical (unpaired) electrons. The Morgan fingerprint density at radius 2 is 1.59 bits per heavy atom. The number of rotatable bonds is 8. The number of aryl methyl sites for hydroxylation is 1. The summed E-state index contributed by atoms with van der Waals surface area (Å²) in [5, 5.41) is 22.2. The highest BCUT2D eigenvalue weighted by atomic mass is 35.5. The summed E-state index contributed by atoms with van der Waals surface area (Å²) in [6.45, 7) is 5.03. The predicted molar refractivity (Wildman–Crippen MR) is 128 cm³/mol. The minimum atomic E-state index is -1.17. The number of halogens is 1. The van der Waals surface area contributed by atoms with Crippen LogP contribution in [0.2, 0.25) is 5.02 Å². The molecule has 1 saturated heterocycles. The number of hydrogen-bond donors (Lipinski definition) is 2. The first kappa shape index (κ1) is 22.8. The van der Waals surface area contributed by atoms with E-state index in [0.717, 1.165) is 54.1 Å². The molecule has 4 nitrogen and oxygen atoms in total.